The minimum Gasteiger partial charge on any atom is -0.363 e. The van der Waals surface area contributed by atoms with Gasteiger partial charge in [-0.2, -0.15) is 0 Å². The van der Waals surface area contributed by atoms with E-state index in [1.807, 2.05) is 27.7 Å². The van der Waals surface area contributed by atoms with Crippen LogP contribution < -0.4 is 21.7 Å². The molecule has 0 aromatic heterocycles. The Morgan fingerprint density at radius 1 is 0.902 bits per heavy atom. The van der Waals surface area contributed by atoms with Crippen molar-refractivity contribution in [3.63, 3.8) is 0 Å². The quantitative estimate of drug-likeness (QED) is 0.207. The van der Waals surface area contributed by atoms with Crippen LogP contribution in [-0.4, -0.2) is 70.0 Å². The minimum atomic E-state index is -1.11. The van der Waals surface area contributed by atoms with Crippen molar-refractivity contribution in [2.45, 2.75) is 121 Å². The van der Waals surface area contributed by atoms with Crippen molar-refractivity contribution in [3.05, 3.63) is 0 Å². The van der Waals surface area contributed by atoms with Crippen LogP contribution in [0.3, 0.4) is 0 Å². The molecule has 0 radical (unpaired) electrons. The van der Waals surface area contributed by atoms with Gasteiger partial charge < -0.3 is 26.6 Å². The number of halogens is 2. The summed E-state index contributed by atoms with van der Waals surface area (Å²) in [5.74, 6) is -3.12. The van der Waals surface area contributed by atoms with Crippen molar-refractivity contribution >= 4 is 52.7 Å². The largest absolute Gasteiger partial charge is 0.363 e. The smallest absolute Gasteiger partial charge is 0.315 e. The highest BCUT2D eigenvalue weighted by Gasteiger charge is 2.46. The first kappa shape index (κ1) is 33.4. The fraction of sp³-hybridized carbons (Fsp3) is 0.828. The van der Waals surface area contributed by atoms with E-state index in [0.717, 1.165) is 51.4 Å². The summed E-state index contributed by atoms with van der Waals surface area (Å²) >= 11 is 12.5. The number of nitrogens with zero attached hydrogens (tertiary/aromatic N) is 1. The highest BCUT2D eigenvalue weighted by molar-refractivity contribution is 6.44. The maximum Gasteiger partial charge on any atom is 0.315 e. The normalized spacial score (nSPS) is 24.2. The molecular formula is C29H47Cl2N5O5. The molecule has 1 aliphatic heterocycles. The van der Waals surface area contributed by atoms with Crippen molar-refractivity contribution in [1.29, 1.82) is 0 Å². The molecular weight excluding hydrogens is 569 g/mol. The predicted octanol–water partition coefficient (Wildman–Crippen LogP) is 3.42. The molecule has 3 fully saturated rings. The van der Waals surface area contributed by atoms with Gasteiger partial charge >= 0.3 is 6.03 Å². The van der Waals surface area contributed by atoms with Crippen LogP contribution in [0.5, 0.6) is 0 Å². The van der Waals surface area contributed by atoms with Crippen LogP contribution in [0.15, 0.2) is 0 Å². The number of rotatable bonds is 11. The molecule has 3 aliphatic rings. The topological polar surface area (TPSA) is 151 Å². The molecule has 2 aliphatic carbocycles. The number of ketones is 1. The lowest BCUT2D eigenvalue weighted by Gasteiger charge is -2.36. The Kier molecular flexibility index (Phi) is 11.7. The SMILES string of the molecule is CC(NC(=O)N[C@H](C(=O)N1CC(C(Cl)Cl)C[C@H]1C(=O)NC(CC1CCC1)C(=O)C(N)=O)C1CCCCC1)C(C)(C)C. The Morgan fingerprint density at radius 2 is 1.54 bits per heavy atom. The Hall–Kier alpha value is -2.07. The lowest BCUT2D eigenvalue weighted by atomic mass is 9.80. The summed E-state index contributed by atoms with van der Waals surface area (Å²) in [4.78, 5) is 65.8. The summed E-state index contributed by atoms with van der Waals surface area (Å²) in [6.07, 6.45) is 7.92. The number of nitrogens with one attached hydrogen (secondary N) is 3. The molecule has 232 valence electrons. The van der Waals surface area contributed by atoms with Gasteiger partial charge in [-0.1, -0.05) is 59.3 Å². The molecule has 5 N–H and O–H groups in total. The molecule has 5 amide bonds. The van der Waals surface area contributed by atoms with Crippen molar-refractivity contribution < 1.29 is 24.0 Å². The van der Waals surface area contributed by atoms with Crippen LogP contribution in [0.25, 0.3) is 0 Å². The van der Waals surface area contributed by atoms with E-state index >= 15 is 0 Å². The highest BCUT2D eigenvalue weighted by Crippen LogP contribution is 2.35. The highest BCUT2D eigenvalue weighted by atomic mass is 35.5. The zero-order valence-electron chi connectivity index (χ0n) is 24.7. The van der Waals surface area contributed by atoms with E-state index < -0.39 is 46.6 Å². The second kappa shape index (κ2) is 14.4. The first-order valence-corrected chi connectivity index (χ1v) is 15.9. The minimum absolute atomic E-state index is 0.0830. The fourth-order valence-electron chi connectivity index (χ4n) is 5.90. The molecule has 1 heterocycles. The van der Waals surface area contributed by atoms with Gasteiger partial charge in [0, 0.05) is 18.5 Å². The monoisotopic (exact) mass is 615 g/mol. The lowest BCUT2D eigenvalue weighted by Crippen LogP contribution is -2.59. The van der Waals surface area contributed by atoms with Crippen LogP contribution in [-0.2, 0) is 19.2 Å². The maximum absolute atomic E-state index is 14.2. The molecule has 0 aromatic rings. The van der Waals surface area contributed by atoms with E-state index in [1.165, 1.54) is 4.90 Å². The average Bonchev–Trinajstić information content (AvgIpc) is 3.34. The van der Waals surface area contributed by atoms with Crippen molar-refractivity contribution in [2.24, 2.45) is 28.9 Å². The number of carbonyl (C=O) groups excluding carboxylic acids is 5. The van der Waals surface area contributed by atoms with E-state index in [4.69, 9.17) is 28.9 Å². The summed E-state index contributed by atoms with van der Waals surface area (Å²) in [7, 11) is 0. The van der Waals surface area contributed by atoms with Gasteiger partial charge in [0.2, 0.25) is 17.6 Å². The molecule has 0 spiro atoms. The van der Waals surface area contributed by atoms with Crippen LogP contribution >= 0.6 is 23.2 Å². The molecule has 10 nitrogen and oxygen atoms in total. The molecule has 0 aromatic carbocycles. The summed E-state index contributed by atoms with van der Waals surface area (Å²) in [5.41, 5.74) is 5.10. The number of primary amides is 1. The van der Waals surface area contributed by atoms with Gasteiger partial charge in [-0.3, -0.25) is 19.2 Å². The summed E-state index contributed by atoms with van der Waals surface area (Å²) in [6.45, 7) is 8.11. The molecule has 12 heteroatoms. The van der Waals surface area contributed by atoms with Crippen LogP contribution in [0.1, 0.15) is 91.9 Å². The van der Waals surface area contributed by atoms with Crippen LogP contribution in [0, 0.1) is 23.2 Å². The van der Waals surface area contributed by atoms with Gasteiger partial charge in [-0.05, 0) is 49.9 Å². The molecule has 0 bridgehead atoms. The van der Waals surface area contributed by atoms with Crippen molar-refractivity contribution in [1.82, 2.24) is 20.9 Å². The Labute approximate surface area is 253 Å². The zero-order chi connectivity index (χ0) is 30.5. The van der Waals surface area contributed by atoms with Gasteiger partial charge in [0.25, 0.3) is 5.91 Å². The summed E-state index contributed by atoms with van der Waals surface area (Å²) in [6, 6.07) is -3.43. The number of alkyl halides is 2. The van der Waals surface area contributed by atoms with Gasteiger partial charge in [-0.25, -0.2) is 4.79 Å². The Balaban J connectivity index is 1.83. The number of likely N-dealkylation sites (tertiary alicyclic amines) is 1. The molecule has 3 rings (SSSR count). The van der Waals surface area contributed by atoms with Crippen molar-refractivity contribution in [2.75, 3.05) is 6.54 Å². The fourth-order valence-corrected chi connectivity index (χ4v) is 6.26. The predicted molar refractivity (Wildman–Crippen MR) is 158 cm³/mol. The number of hydrogen-bond acceptors (Lipinski definition) is 5. The van der Waals surface area contributed by atoms with E-state index in [0.29, 0.717) is 6.42 Å². The first-order chi connectivity index (χ1) is 19.2. The third-order valence-electron chi connectivity index (χ3n) is 9.27. The molecule has 1 saturated heterocycles. The van der Waals surface area contributed by atoms with Gasteiger partial charge in [0.05, 0.1) is 6.04 Å². The maximum atomic E-state index is 14.2. The second-order valence-corrected chi connectivity index (χ2v) is 14.4. The zero-order valence-corrected chi connectivity index (χ0v) is 26.2. The number of hydrogen-bond donors (Lipinski definition) is 4. The van der Waals surface area contributed by atoms with E-state index in [1.54, 1.807) is 0 Å². The molecule has 3 unspecified atom stereocenters. The van der Waals surface area contributed by atoms with E-state index in [9.17, 15) is 24.0 Å². The van der Waals surface area contributed by atoms with Crippen molar-refractivity contribution in [3.8, 4) is 0 Å². The third kappa shape index (κ3) is 8.96. The van der Waals surface area contributed by atoms with Gasteiger partial charge in [-0.15, -0.1) is 23.2 Å². The third-order valence-corrected chi connectivity index (χ3v) is 9.98. The number of carbonyl (C=O) groups is 5. The van der Waals surface area contributed by atoms with Crippen LogP contribution in [0.2, 0.25) is 0 Å². The Bertz CT molecular complexity index is 977. The van der Waals surface area contributed by atoms with E-state index in [2.05, 4.69) is 16.0 Å². The van der Waals surface area contributed by atoms with Gasteiger partial charge in [0.1, 0.15) is 16.9 Å². The number of nitrogens with two attached hydrogens (primary N) is 1. The number of amides is 5. The molecule has 2 saturated carbocycles. The molecule has 41 heavy (non-hydrogen) atoms. The van der Waals surface area contributed by atoms with E-state index in [-0.39, 0.29) is 48.1 Å². The summed E-state index contributed by atoms with van der Waals surface area (Å²) < 4.78 is 0. The average molecular weight is 617 g/mol. The second-order valence-electron chi connectivity index (χ2n) is 13.2. The lowest BCUT2D eigenvalue weighted by molar-refractivity contribution is -0.143. The first-order valence-electron chi connectivity index (χ1n) is 15.0. The van der Waals surface area contributed by atoms with Gasteiger partial charge in [0.15, 0.2) is 0 Å². The number of urea groups is 1. The molecule has 5 atom stereocenters. The Morgan fingerprint density at radius 3 is 2.05 bits per heavy atom. The number of Topliss-reactive ketones (excluding diaryl/α,β-unsaturated/α-hetero) is 1. The summed E-state index contributed by atoms with van der Waals surface area (Å²) in [5, 5.41) is 8.60. The van der Waals surface area contributed by atoms with Crippen LogP contribution in [0.4, 0.5) is 4.79 Å². The standard InChI is InChI=1S/C29H47Cl2N5O5/c1-16(29(2,3)4)33-28(41)35-22(18-11-6-5-7-12-18)27(40)36-15-19(24(30)31)14-21(36)26(39)34-20(23(37)25(32)38)13-17-9-8-10-17/h16-22,24H,5-15H2,1-4H3,(H2,32,38)(H,34,39)(H2,33,35,41)/t16?,19?,20?,21-,22-/m0/s1.